The maximum absolute atomic E-state index is 6.87. The molecule has 3 heteroatoms. The fourth-order valence-electron chi connectivity index (χ4n) is 0.389. The van der Waals surface area contributed by atoms with Crippen molar-refractivity contribution in [3.63, 3.8) is 0 Å². The van der Waals surface area contributed by atoms with Crippen molar-refractivity contribution in [3.8, 4) is 0 Å². The van der Waals surface area contributed by atoms with E-state index >= 15 is 0 Å². The summed E-state index contributed by atoms with van der Waals surface area (Å²) in [6, 6.07) is 0. The summed E-state index contributed by atoms with van der Waals surface area (Å²) < 4.78 is 11.3. The summed E-state index contributed by atoms with van der Waals surface area (Å²) in [6.07, 6.45) is -0.112. The molecule has 0 saturated carbocycles. The molecule has 0 amide bonds. The zero-order valence-electron chi connectivity index (χ0n) is 5.88. The van der Waals surface area contributed by atoms with Crippen LogP contribution in [0, 0.1) is 0 Å². The summed E-state index contributed by atoms with van der Waals surface area (Å²) in [7, 11) is 0. The van der Waals surface area contributed by atoms with E-state index < -0.39 is 0 Å². The third-order valence-corrected chi connectivity index (χ3v) is 0.857. The minimum absolute atomic E-state index is 0.112. The van der Waals surface area contributed by atoms with E-state index in [0.717, 1.165) is 0 Å². The van der Waals surface area contributed by atoms with Gasteiger partial charge in [0, 0.05) is 5.92 Å². The lowest BCUT2D eigenvalue weighted by atomic mass is 10.2. The first-order chi connectivity index (χ1) is 4.20. The molecular weight excluding hydrogens is 104 g/mol. The van der Waals surface area contributed by atoms with Gasteiger partial charge in [0.15, 0.2) is 5.82 Å². The van der Waals surface area contributed by atoms with Crippen molar-refractivity contribution in [2.45, 2.75) is 19.8 Å². The maximum atomic E-state index is 6.87. The summed E-state index contributed by atoms with van der Waals surface area (Å²) in [5.74, 6) is 0.841. The van der Waals surface area contributed by atoms with E-state index in [2.05, 4.69) is 14.7 Å². The van der Waals surface area contributed by atoms with Crippen molar-refractivity contribution in [2.75, 3.05) is 0 Å². The second-order valence-electron chi connectivity index (χ2n) is 1.90. The van der Waals surface area contributed by atoms with Crippen molar-refractivity contribution in [3.05, 3.63) is 12.2 Å². The number of hydrogen-bond acceptors (Lipinski definition) is 3. The molecule has 8 heavy (non-hydrogen) atoms. The zero-order chi connectivity index (χ0) is 6.85. The summed E-state index contributed by atoms with van der Waals surface area (Å²) in [5, 5.41) is 3.54. The molecule has 0 atom stereocenters. The molecular formula is C5H8N2O. The number of aromatic nitrogens is 2. The Morgan fingerprint density at radius 3 is 2.88 bits per heavy atom. The summed E-state index contributed by atoms with van der Waals surface area (Å²) >= 11 is 0. The molecule has 0 saturated heterocycles. The topological polar surface area (TPSA) is 38.9 Å². The number of hydrogen-bond donors (Lipinski definition) is 0. The minimum atomic E-state index is -0.112. The molecule has 0 bridgehead atoms. The molecule has 0 spiro atoms. The highest BCUT2D eigenvalue weighted by molar-refractivity contribution is 4.84. The van der Waals surface area contributed by atoms with Crippen molar-refractivity contribution in [1.29, 1.82) is 0 Å². The molecule has 0 aliphatic carbocycles. The molecule has 1 aromatic heterocycles. The summed E-state index contributed by atoms with van der Waals surface area (Å²) in [5.41, 5.74) is 0. The molecule has 3 nitrogen and oxygen atoms in total. The molecule has 0 fully saturated rings. The van der Waals surface area contributed by atoms with Crippen LogP contribution in [-0.2, 0) is 0 Å². The van der Waals surface area contributed by atoms with Crippen LogP contribution in [0.4, 0.5) is 0 Å². The van der Waals surface area contributed by atoms with Gasteiger partial charge in [-0.15, -0.1) is 0 Å². The highest BCUT2D eigenvalue weighted by Crippen LogP contribution is 2.05. The Morgan fingerprint density at radius 2 is 2.62 bits per heavy atom. The smallest absolute Gasteiger partial charge is 0.213 e. The average Bonchev–Trinajstić information content (AvgIpc) is 2.14. The van der Waals surface area contributed by atoms with Crippen LogP contribution in [0.5, 0.6) is 0 Å². The van der Waals surface area contributed by atoms with Gasteiger partial charge in [0.05, 0.1) is 0 Å². The molecule has 0 aliphatic rings. The SMILES string of the molecule is [2H]c1nc(C(C)C)no1. The van der Waals surface area contributed by atoms with Crippen LogP contribution in [0.2, 0.25) is 0 Å². The van der Waals surface area contributed by atoms with Crippen LogP contribution in [0.15, 0.2) is 10.9 Å². The van der Waals surface area contributed by atoms with Gasteiger partial charge in [0.1, 0.15) is 1.37 Å². The van der Waals surface area contributed by atoms with Gasteiger partial charge in [-0.1, -0.05) is 19.0 Å². The van der Waals surface area contributed by atoms with Crippen molar-refractivity contribution in [1.82, 2.24) is 10.1 Å². The predicted octanol–water partition coefficient (Wildman–Crippen LogP) is 1.19. The second kappa shape index (κ2) is 1.94. The summed E-state index contributed by atoms with van der Waals surface area (Å²) in [6.45, 7) is 3.90. The molecule has 0 aromatic carbocycles. The van der Waals surface area contributed by atoms with Crippen molar-refractivity contribution in [2.24, 2.45) is 0 Å². The Hall–Kier alpha value is -0.860. The van der Waals surface area contributed by atoms with Gasteiger partial charge in [-0.3, -0.25) is 0 Å². The van der Waals surface area contributed by atoms with Gasteiger partial charge in [-0.25, -0.2) is 0 Å². The van der Waals surface area contributed by atoms with E-state index in [1.165, 1.54) is 0 Å². The Bertz CT molecular complexity index is 197. The molecule has 0 unspecified atom stereocenters. The van der Waals surface area contributed by atoms with Crippen molar-refractivity contribution < 1.29 is 5.89 Å². The van der Waals surface area contributed by atoms with E-state index in [9.17, 15) is 0 Å². The van der Waals surface area contributed by atoms with Crippen LogP contribution in [0.1, 0.15) is 27.0 Å². The first-order valence-electron chi connectivity index (χ1n) is 3.00. The fraction of sp³-hybridized carbons (Fsp3) is 0.600. The number of nitrogens with zero attached hydrogens (tertiary/aromatic N) is 2. The van der Waals surface area contributed by atoms with Crippen molar-refractivity contribution >= 4 is 0 Å². The van der Waals surface area contributed by atoms with E-state index in [4.69, 9.17) is 1.37 Å². The highest BCUT2D eigenvalue weighted by Gasteiger charge is 2.01. The fourth-order valence-corrected chi connectivity index (χ4v) is 0.389. The zero-order valence-corrected chi connectivity index (χ0v) is 4.88. The first-order valence-corrected chi connectivity index (χ1v) is 2.50. The lowest BCUT2D eigenvalue weighted by Crippen LogP contribution is -1.87. The third-order valence-electron chi connectivity index (χ3n) is 0.857. The lowest BCUT2D eigenvalue weighted by Gasteiger charge is -1.90. The third kappa shape index (κ3) is 0.857. The largest absolute Gasteiger partial charge is 0.343 e. The monoisotopic (exact) mass is 113 g/mol. The maximum Gasteiger partial charge on any atom is 0.213 e. The first kappa shape index (κ1) is 4.06. The van der Waals surface area contributed by atoms with E-state index in [1.54, 1.807) is 0 Å². The second-order valence-corrected chi connectivity index (χ2v) is 1.90. The standard InChI is InChI=1S/C5H8N2O/c1-4(2)5-6-3-8-7-5/h3-4H,1-2H3/i3D. The van der Waals surface area contributed by atoms with Crippen LogP contribution in [0.25, 0.3) is 0 Å². The van der Waals surface area contributed by atoms with Gasteiger partial charge in [0.2, 0.25) is 6.37 Å². The Balaban J connectivity index is 2.85. The van der Waals surface area contributed by atoms with Gasteiger partial charge in [0.25, 0.3) is 0 Å². The van der Waals surface area contributed by atoms with Gasteiger partial charge in [-0.2, -0.15) is 4.98 Å². The molecule has 44 valence electrons. The number of rotatable bonds is 1. The van der Waals surface area contributed by atoms with Crippen LogP contribution < -0.4 is 0 Å². The van der Waals surface area contributed by atoms with E-state index in [1.807, 2.05) is 13.8 Å². The van der Waals surface area contributed by atoms with Crippen LogP contribution in [0.3, 0.4) is 0 Å². The predicted molar refractivity (Wildman–Crippen MR) is 28.4 cm³/mol. The molecule has 0 radical (unpaired) electrons. The van der Waals surface area contributed by atoms with Gasteiger partial charge in [-0.05, 0) is 0 Å². The average molecular weight is 113 g/mol. The Labute approximate surface area is 49.1 Å². The van der Waals surface area contributed by atoms with Crippen LogP contribution >= 0.6 is 0 Å². The quantitative estimate of drug-likeness (QED) is 0.549. The van der Waals surface area contributed by atoms with Crippen LogP contribution in [-0.4, -0.2) is 10.1 Å². The lowest BCUT2D eigenvalue weighted by molar-refractivity contribution is 0.407. The normalized spacial score (nSPS) is 12.1. The molecule has 1 aromatic rings. The van der Waals surface area contributed by atoms with E-state index in [-0.39, 0.29) is 12.3 Å². The molecule has 0 N–H and O–H groups in total. The van der Waals surface area contributed by atoms with Gasteiger partial charge < -0.3 is 4.52 Å². The van der Waals surface area contributed by atoms with E-state index in [0.29, 0.717) is 5.82 Å². The van der Waals surface area contributed by atoms with Gasteiger partial charge >= 0.3 is 0 Å². The molecule has 0 aliphatic heterocycles. The molecule has 1 rings (SSSR count). The Kier molecular flexibility index (Phi) is 0.986. The summed E-state index contributed by atoms with van der Waals surface area (Å²) in [4.78, 5) is 3.70. The highest BCUT2D eigenvalue weighted by atomic mass is 16.5. The minimum Gasteiger partial charge on any atom is -0.343 e. The molecule has 1 heterocycles. The Morgan fingerprint density at radius 1 is 1.88 bits per heavy atom.